The van der Waals surface area contributed by atoms with E-state index in [1.807, 2.05) is 19.0 Å². The predicted molar refractivity (Wildman–Crippen MR) is 104 cm³/mol. The Morgan fingerprint density at radius 3 is 2.12 bits per heavy atom. The molecule has 2 aromatic rings. The van der Waals surface area contributed by atoms with Crippen LogP contribution in [-0.2, 0) is 4.74 Å². The third-order valence-corrected chi connectivity index (χ3v) is 4.09. The van der Waals surface area contributed by atoms with Crippen molar-refractivity contribution in [2.45, 2.75) is 0 Å². The Balaban J connectivity index is 2.42. The minimum Gasteiger partial charge on any atom is -0.465 e. The first kappa shape index (κ1) is 20.2. The topological polar surface area (TPSA) is 58.6 Å². The Morgan fingerprint density at radius 2 is 1.54 bits per heavy atom. The molecule has 7 heteroatoms. The molecule has 0 unspecified atom stereocenters. The largest absolute Gasteiger partial charge is 0.465 e. The Bertz CT molecular complexity index is 802. The molecule has 0 radical (unpaired) electrons. The molecule has 26 heavy (non-hydrogen) atoms. The molecule has 0 spiro atoms. The number of methoxy groups -OCH3 is 1. The number of hydrogen-bond donors (Lipinski definition) is 1. The van der Waals surface area contributed by atoms with Gasteiger partial charge in [0.25, 0.3) is 5.91 Å². The second kappa shape index (κ2) is 9.03. The molecule has 0 atom stereocenters. The molecule has 0 bridgehead atoms. The average Bonchev–Trinajstić information content (AvgIpc) is 2.59. The first-order valence-electron chi connectivity index (χ1n) is 7.93. The monoisotopic (exact) mass is 394 g/mol. The molecule has 0 saturated carbocycles. The Hall–Kier alpha value is -2.08. The van der Waals surface area contributed by atoms with Gasteiger partial charge in [0.15, 0.2) is 0 Å². The van der Waals surface area contributed by atoms with Crippen LogP contribution in [0.1, 0.15) is 20.7 Å². The summed E-state index contributed by atoms with van der Waals surface area (Å²) in [5.74, 6) is -0.797. The van der Waals surface area contributed by atoms with E-state index in [-0.39, 0.29) is 11.5 Å². The fourth-order valence-electron chi connectivity index (χ4n) is 2.38. The van der Waals surface area contributed by atoms with E-state index in [1.54, 1.807) is 30.3 Å². The van der Waals surface area contributed by atoms with E-state index in [0.29, 0.717) is 39.8 Å². The number of likely N-dealkylation sites (N-methyl/N-ethyl adjacent to an activating group) is 1. The molecule has 138 valence electrons. The van der Waals surface area contributed by atoms with Crippen molar-refractivity contribution in [3.8, 4) is 11.1 Å². The minimum absolute atomic E-state index is 0.271. The lowest BCUT2D eigenvalue weighted by molar-refractivity contribution is 0.0601. The van der Waals surface area contributed by atoms with E-state index in [9.17, 15) is 9.59 Å². The molecule has 2 aromatic carbocycles. The fraction of sp³-hybridized carbons (Fsp3) is 0.263. The van der Waals surface area contributed by atoms with E-state index in [1.165, 1.54) is 13.2 Å². The molecular formula is C19H20Cl2N2O3. The maximum atomic E-state index is 12.5. The second-order valence-corrected chi connectivity index (χ2v) is 6.88. The van der Waals surface area contributed by atoms with Gasteiger partial charge in [-0.1, -0.05) is 23.2 Å². The summed E-state index contributed by atoms with van der Waals surface area (Å²) in [6.07, 6.45) is 0. The van der Waals surface area contributed by atoms with E-state index in [0.717, 1.165) is 0 Å². The van der Waals surface area contributed by atoms with Crippen LogP contribution in [0.5, 0.6) is 0 Å². The summed E-state index contributed by atoms with van der Waals surface area (Å²) in [5, 5.41) is 3.76. The highest BCUT2D eigenvalue weighted by Crippen LogP contribution is 2.29. The molecule has 0 saturated heterocycles. The van der Waals surface area contributed by atoms with Gasteiger partial charge in [-0.3, -0.25) is 4.79 Å². The molecule has 0 fully saturated rings. The third-order valence-electron chi connectivity index (χ3n) is 3.66. The average molecular weight is 395 g/mol. The molecule has 0 heterocycles. The zero-order valence-corrected chi connectivity index (χ0v) is 16.3. The number of carbonyl (C=O) groups is 2. The Morgan fingerprint density at radius 1 is 0.962 bits per heavy atom. The second-order valence-electron chi connectivity index (χ2n) is 6.01. The molecule has 0 aliphatic heterocycles. The van der Waals surface area contributed by atoms with Gasteiger partial charge in [0.2, 0.25) is 0 Å². The first-order valence-corrected chi connectivity index (χ1v) is 8.68. The molecule has 1 amide bonds. The number of amides is 1. The minimum atomic E-state index is -0.526. The van der Waals surface area contributed by atoms with Crippen LogP contribution >= 0.6 is 23.2 Å². The number of hydrogen-bond acceptors (Lipinski definition) is 4. The molecule has 5 nitrogen and oxygen atoms in total. The fourth-order valence-corrected chi connectivity index (χ4v) is 2.90. The summed E-state index contributed by atoms with van der Waals surface area (Å²) in [4.78, 5) is 26.4. The highest BCUT2D eigenvalue weighted by Gasteiger charge is 2.15. The normalized spacial score (nSPS) is 10.7. The SMILES string of the molecule is COC(=O)c1cc(C(=O)NCCN(C)C)cc(-c2cc(Cl)cc(Cl)c2)c1. The van der Waals surface area contributed by atoms with E-state index >= 15 is 0 Å². The van der Waals surface area contributed by atoms with Crippen molar-refractivity contribution in [1.82, 2.24) is 10.2 Å². The Kier molecular flexibility index (Phi) is 7.03. The number of nitrogens with zero attached hydrogens (tertiary/aromatic N) is 1. The van der Waals surface area contributed by atoms with Crippen molar-refractivity contribution in [1.29, 1.82) is 0 Å². The van der Waals surface area contributed by atoms with Crippen LogP contribution in [0.15, 0.2) is 36.4 Å². The Labute approximate surface area is 162 Å². The van der Waals surface area contributed by atoms with Crippen LogP contribution in [0.2, 0.25) is 10.0 Å². The predicted octanol–water partition coefficient (Wildman–Crippen LogP) is 3.74. The summed E-state index contributed by atoms with van der Waals surface area (Å²) in [6, 6.07) is 9.90. The van der Waals surface area contributed by atoms with Gasteiger partial charge < -0.3 is 15.0 Å². The van der Waals surface area contributed by atoms with E-state index in [2.05, 4.69) is 5.32 Å². The van der Waals surface area contributed by atoms with Crippen LogP contribution in [0.4, 0.5) is 0 Å². The van der Waals surface area contributed by atoms with Crippen LogP contribution in [0.25, 0.3) is 11.1 Å². The zero-order chi connectivity index (χ0) is 19.3. The number of halogens is 2. The molecule has 1 N–H and O–H groups in total. The maximum Gasteiger partial charge on any atom is 0.337 e. The molecule has 0 aromatic heterocycles. The standard InChI is InChI=1S/C19H20Cl2N2O3/c1-23(2)5-4-22-18(24)14-6-12(7-15(8-14)19(25)26-3)13-9-16(20)11-17(21)10-13/h6-11H,4-5H2,1-3H3,(H,22,24). The third kappa shape index (κ3) is 5.46. The first-order chi connectivity index (χ1) is 12.3. The van der Waals surface area contributed by atoms with E-state index < -0.39 is 5.97 Å². The van der Waals surface area contributed by atoms with Crippen molar-refractivity contribution in [2.24, 2.45) is 0 Å². The molecule has 2 rings (SSSR count). The van der Waals surface area contributed by atoms with Crippen molar-refractivity contribution < 1.29 is 14.3 Å². The highest BCUT2D eigenvalue weighted by molar-refractivity contribution is 6.35. The van der Waals surface area contributed by atoms with Crippen molar-refractivity contribution in [3.05, 3.63) is 57.6 Å². The number of carbonyl (C=O) groups excluding carboxylic acids is 2. The van der Waals surface area contributed by atoms with Crippen molar-refractivity contribution >= 4 is 35.1 Å². The number of rotatable bonds is 6. The molecular weight excluding hydrogens is 375 g/mol. The lowest BCUT2D eigenvalue weighted by Crippen LogP contribution is -2.31. The summed E-state index contributed by atoms with van der Waals surface area (Å²) in [6.45, 7) is 1.20. The lowest BCUT2D eigenvalue weighted by Gasteiger charge is -2.12. The van der Waals surface area contributed by atoms with Crippen molar-refractivity contribution in [2.75, 3.05) is 34.3 Å². The van der Waals surface area contributed by atoms with Gasteiger partial charge in [-0.05, 0) is 61.6 Å². The number of benzene rings is 2. The van der Waals surface area contributed by atoms with Crippen LogP contribution < -0.4 is 5.32 Å². The summed E-state index contributed by atoms with van der Waals surface area (Å²) in [5.41, 5.74) is 1.99. The van der Waals surface area contributed by atoms with Crippen LogP contribution in [0.3, 0.4) is 0 Å². The van der Waals surface area contributed by atoms with Gasteiger partial charge >= 0.3 is 5.97 Å². The molecule has 0 aliphatic carbocycles. The van der Waals surface area contributed by atoms with Gasteiger partial charge in [0.1, 0.15) is 0 Å². The van der Waals surface area contributed by atoms with Crippen molar-refractivity contribution in [3.63, 3.8) is 0 Å². The number of ether oxygens (including phenoxy) is 1. The number of esters is 1. The zero-order valence-electron chi connectivity index (χ0n) is 14.8. The molecule has 0 aliphatic rings. The van der Waals surface area contributed by atoms with Gasteiger partial charge in [-0.2, -0.15) is 0 Å². The smallest absolute Gasteiger partial charge is 0.337 e. The van der Waals surface area contributed by atoms with Gasteiger partial charge in [0, 0.05) is 28.7 Å². The summed E-state index contributed by atoms with van der Waals surface area (Å²) >= 11 is 12.1. The quantitative estimate of drug-likeness (QED) is 0.758. The van der Waals surface area contributed by atoms with Gasteiger partial charge in [-0.15, -0.1) is 0 Å². The summed E-state index contributed by atoms with van der Waals surface area (Å²) in [7, 11) is 5.14. The highest BCUT2D eigenvalue weighted by atomic mass is 35.5. The number of nitrogens with one attached hydrogen (secondary N) is 1. The van der Waals surface area contributed by atoms with Crippen LogP contribution in [-0.4, -0.2) is 51.1 Å². The maximum absolute atomic E-state index is 12.5. The van der Waals surface area contributed by atoms with Gasteiger partial charge in [-0.25, -0.2) is 4.79 Å². The van der Waals surface area contributed by atoms with Crippen LogP contribution in [0, 0.1) is 0 Å². The van der Waals surface area contributed by atoms with E-state index in [4.69, 9.17) is 27.9 Å². The summed E-state index contributed by atoms with van der Waals surface area (Å²) < 4.78 is 4.79. The lowest BCUT2D eigenvalue weighted by atomic mass is 9.99. The van der Waals surface area contributed by atoms with Gasteiger partial charge in [0.05, 0.1) is 12.7 Å².